The molecular weight excluding hydrogens is 344 g/mol. The standard InChI is InChI=1S/C17H19BrN2O2/c1-12(22-2)13-6-5-7-14(10-13)19-11-17(21)20-16-9-4-3-8-15(16)18/h3-10,12,19H,11H2,1-2H3,(H,20,21)/t12-/m1/s1. The Balaban J connectivity index is 1.93. The maximum atomic E-state index is 12.0. The number of halogens is 1. The Bertz CT molecular complexity index is 646. The molecule has 1 atom stereocenters. The largest absolute Gasteiger partial charge is 0.377 e. The Hall–Kier alpha value is -1.85. The number of methoxy groups -OCH3 is 1. The lowest BCUT2D eigenvalue weighted by Gasteiger charge is -2.13. The minimum Gasteiger partial charge on any atom is -0.377 e. The van der Waals surface area contributed by atoms with Gasteiger partial charge in [-0.25, -0.2) is 0 Å². The Morgan fingerprint density at radius 2 is 2.00 bits per heavy atom. The predicted octanol–water partition coefficient (Wildman–Crippen LogP) is 4.21. The smallest absolute Gasteiger partial charge is 0.243 e. The lowest BCUT2D eigenvalue weighted by molar-refractivity contribution is -0.114. The van der Waals surface area contributed by atoms with Crippen molar-refractivity contribution in [3.05, 3.63) is 58.6 Å². The van der Waals surface area contributed by atoms with Gasteiger partial charge in [-0.15, -0.1) is 0 Å². The number of amides is 1. The van der Waals surface area contributed by atoms with E-state index in [2.05, 4.69) is 26.6 Å². The number of rotatable bonds is 6. The van der Waals surface area contributed by atoms with Crippen LogP contribution in [0.5, 0.6) is 0 Å². The fraction of sp³-hybridized carbons (Fsp3) is 0.235. The van der Waals surface area contributed by atoms with Gasteiger partial charge in [0.25, 0.3) is 0 Å². The molecule has 5 heteroatoms. The van der Waals surface area contributed by atoms with Gasteiger partial charge in [0.05, 0.1) is 18.3 Å². The normalized spacial score (nSPS) is 11.8. The van der Waals surface area contributed by atoms with Crippen LogP contribution in [0.2, 0.25) is 0 Å². The van der Waals surface area contributed by atoms with Crippen molar-refractivity contribution in [1.29, 1.82) is 0 Å². The number of hydrogen-bond acceptors (Lipinski definition) is 3. The molecule has 0 bridgehead atoms. The molecule has 0 heterocycles. The minimum absolute atomic E-state index is 0.0239. The molecule has 2 rings (SSSR count). The molecule has 0 saturated carbocycles. The van der Waals surface area contributed by atoms with Crippen LogP contribution in [0.1, 0.15) is 18.6 Å². The van der Waals surface area contributed by atoms with Crippen molar-refractivity contribution in [1.82, 2.24) is 0 Å². The second-order valence-electron chi connectivity index (χ2n) is 4.88. The Kier molecular flexibility index (Phi) is 5.98. The van der Waals surface area contributed by atoms with Gasteiger partial charge in [-0.3, -0.25) is 4.79 Å². The number of ether oxygens (including phenoxy) is 1. The first kappa shape index (κ1) is 16.5. The number of anilines is 2. The Labute approximate surface area is 139 Å². The van der Waals surface area contributed by atoms with E-state index in [1.165, 1.54) is 0 Å². The van der Waals surface area contributed by atoms with Crippen LogP contribution >= 0.6 is 15.9 Å². The molecule has 2 aromatic carbocycles. The first-order valence-corrected chi connectivity index (χ1v) is 7.80. The lowest BCUT2D eigenvalue weighted by atomic mass is 10.1. The number of benzene rings is 2. The van der Waals surface area contributed by atoms with Crippen LogP contribution in [0.15, 0.2) is 53.0 Å². The maximum Gasteiger partial charge on any atom is 0.243 e. The highest BCUT2D eigenvalue weighted by molar-refractivity contribution is 9.10. The van der Waals surface area contributed by atoms with Crippen molar-refractivity contribution in [3.63, 3.8) is 0 Å². The second-order valence-corrected chi connectivity index (χ2v) is 5.74. The first-order chi connectivity index (χ1) is 10.6. The Morgan fingerprint density at radius 1 is 1.23 bits per heavy atom. The van der Waals surface area contributed by atoms with Gasteiger partial charge in [-0.05, 0) is 52.7 Å². The fourth-order valence-corrected chi connectivity index (χ4v) is 2.36. The molecule has 0 saturated heterocycles. The highest BCUT2D eigenvalue weighted by Gasteiger charge is 2.07. The Morgan fingerprint density at radius 3 is 2.73 bits per heavy atom. The summed E-state index contributed by atoms with van der Waals surface area (Å²) in [5.74, 6) is -0.0999. The maximum absolute atomic E-state index is 12.0. The summed E-state index contributed by atoms with van der Waals surface area (Å²) in [5, 5.41) is 5.98. The third-order valence-electron chi connectivity index (χ3n) is 3.31. The monoisotopic (exact) mass is 362 g/mol. The summed E-state index contributed by atoms with van der Waals surface area (Å²) in [4.78, 5) is 12.0. The first-order valence-electron chi connectivity index (χ1n) is 7.01. The zero-order valence-corrected chi connectivity index (χ0v) is 14.2. The van der Waals surface area contributed by atoms with Crippen molar-refractivity contribution in [2.75, 3.05) is 24.3 Å². The lowest BCUT2D eigenvalue weighted by Crippen LogP contribution is -2.22. The molecule has 4 nitrogen and oxygen atoms in total. The van der Waals surface area contributed by atoms with Crippen LogP contribution < -0.4 is 10.6 Å². The topological polar surface area (TPSA) is 50.4 Å². The van der Waals surface area contributed by atoms with Gasteiger partial charge >= 0.3 is 0 Å². The van der Waals surface area contributed by atoms with Gasteiger partial charge in [0.15, 0.2) is 0 Å². The predicted molar refractivity (Wildman–Crippen MR) is 93.1 cm³/mol. The van der Waals surface area contributed by atoms with E-state index in [1.54, 1.807) is 7.11 Å². The SMILES string of the molecule is CO[C@H](C)c1cccc(NCC(=O)Nc2ccccc2Br)c1. The molecule has 116 valence electrons. The molecule has 22 heavy (non-hydrogen) atoms. The third kappa shape index (κ3) is 4.58. The minimum atomic E-state index is -0.0999. The van der Waals surface area contributed by atoms with E-state index in [-0.39, 0.29) is 18.6 Å². The van der Waals surface area contributed by atoms with E-state index >= 15 is 0 Å². The molecule has 0 aliphatic heterocycles. The van der Waals surface area contributed by atoms with Gasteiger partial charge in [0, 0.05) is 17.3 Å². The molecule has 1 amide bonds. The van der Waals surface area contributed by atoms with Crippen molar-refractivity contribution < 1.29 is 9.53 Å². The molecule has 0 aromatic heterocycles. The highest BCUT2D eigenvalue weighted by atomic mass is 79.9. The number of carbonyl (C=O) groups excluding carboxylic acids is 1. The number of hydrogen-bond donors (Lipinski definition) is 2. The average molecular weight is 363 g/mol. The van der Waals surface area contributed by atoms with Crippen LogP contribution in [0.25, 0.3) is 0 Å². The third-order valence-corrected chi connectivity index (χ3v) is 4.00. The van der Waals surface area contributed by atoms with Crippen LogP contribution in [-0.2, 0) is 9.53 Å². The molecule has 2 N–H and O–H groups in total. The summed E-state index contributed by atoms with van der Waals surface area (Å²) >= 11 is 3.41. The number of carbonyl (C=O) groups is 1. The number of para-hydroxylation sites is 1. The fourth-order valence-electron chi connectivity index (χ4n) is 1.98. The van der Waals surface area contributed by atoms with Crippen molar-refractivity contribution in [2.45, 2.75) is 13.0 Å². The molecule has 0 unspecified atom stereocenters. The van der Waals surface area contributed by atoms with Gasteiger partial charge < -0.3 is 15.4 Å². The van der Waals surface area contributed by atoms with Gasteiger partial charge in [0.2, 0.25) is 5.91 Å². The highest BCUT2D eigenvalue weighted by Crippen LogP contribution is 2.21. The van der Waals surface area contributed by atoms with E-state index in [1.807, 2.05) is 55.5 Å². The van der Waals surface area contributed by atoms with Crippen molar-refractivity contribution in [3.8, 4) is 0 Å². The van der Waals surface area contributed by atoms with Gasteiger partial charge in [-0.1, -0.05) is 24.3 Å². The zero-order valence-electron chi connectivity index (χ0n) is 12.6. The van der Waals surface area contributed by atoms with E-state index in [0.717, 1.165) is 21.4 Å². The van der Waals surface area contributed by atoms with E-state index < -0.39 is 0 Å². The summed E-state index contributed by atoms with van der Waals surface area (Å²) in [5.41, 5.74) is 2.72. The van der Waals surface area contributed by atoms with Crippen LogP contribution in [0.4, 0.5) is 11.4 Å². The summed E-state index contributed by atoms with van der Waals surface area (Å²) < 4.78 is 6.16. The summed E-state index contributed by atoms with van der Waals surface area (Å²) in [7, 11) is 1.68. The molecule has 0 spiro atoms. The van der Waals surface area contributed by atoms with Crippen LogP contribution in [0.3, 0.4) is 0 Å². The quantitative estimate of drug-likeness (QED) is 0.809. The van der Waals surface area contributed by atoms with Crippen molar-refractivity contribution >= 4 is 33.2 Å². The van der Waals surface area contributed by atoms with E-state index in [9.17, 15) is 4.79 Å². The summed E-state index contributed by atoms with van der Waals surface area (Å²) in [6.07, 6.45) is 0.0239. The average Bonchev–Trinajstić information content (AvgIpc) is 2.54. The summed E-state index contributed by atoms with van der Waals surface area (Å²) in [6.45, 7) is 2.19. The molecule has 0 radical (unpaired) electrons. The molecule has 0 aliphatic rings. The molecule has 0 aliphatic carbocycles. The van der Waals surface area contributed by atoms with Crippen molar-refractivity contribution in [2.24, 2.45) is 0 Å². The second kappa shape index (κ2) is 7.96. The zero-order chi connectivity index (χ0) is 15.9. The number of nitrogens with one attached hydrogen (secondary N) is 2. The van der Waals surface area contributed by atoms with Gasteiger partial charge in [0.1, 0.15) is 0 Å². The van der Waals surface area contributed by atoms with Gasteiger partial charge in [-0.2, -0.15) is 0 Å². The molecule has 2 aromatic rings. The van der Waals surface area contributed by atoms with Crippen LogP contribution in [-0.4, -0.2) is 19.6 Å². The molecule has 0 fully saturated rings. The van der Waals surface area contributed by atoms with Crippen LogP contribution in [0, 0.1) is 0 Å². The van der Waals surface area contributed by atoms with E-state index in [0.29, 0.717) is 0 Å². The summed E-state index contributed by atoms with van der Waals surface area (Å²) in [6, 6.07) is 15.4. The molecular formula is C17H19BrN2O2. The van der Waals surface area contributed by atoms with E-state index in [4.69, 9.17) is 4.74 Å².